The van der Waals surface area contributed by atoms with E-state index in [0.29, 0.717) is 71.7 Å². The Morgan fingerprint density at radius 1 is 0.889 bits per heavy atom. The van der Waals surface area contributed by atoms with E-state index in [4.69, 9.17) is 29.0 Å². The van der Waals surface area contributed by atoms with Gasteiger partial charge in [0.25, 0.3) is 11.8 Å². The van der Waals surface area contributed by atoms with Crippen molar-refractivity contribution in [2.75, 3.05) is 68.6 Å². The molecule has 8 aliphatic rings. The Bertz CT molecular complexity index is 4170. The Morgan fingerprint density at radius 2 is 1.67 bits per heavy atom. The van der Waals surface area contributed by atoms with Crippen molar-refractivity contribution in [1.29, 1.82) is 0 Å². The average Bonchev–Trinajstić information content (AvgIpc) is 1.45. The zero-order chi connectivity index (χ0) is 77.4. The van der Waals surface area contributed by atoms with E-state index in [2.05, 4.69) is 29.8 Å². The van der Waals surface area contributed by atoms with Crippen LogP contribution < -0.4 is 20.9 Å². The fourth-order valence-electron chi connectivity index (χ4n) is 19.5. The number of aromatic carboxylic acids is 1. The number of aliphatic carboxylic acids is 1. The van der Waals surface area contributed by atoms with E-state index in [1.165, 1.54) is 16.7 Å². The number of carbonyl (C=O) groups excluding carboxylic acids is 8. The molecule has 4 aromatic rings. The van der Waals surface area contributed by atoms with E-state index in [9.17, 15) is 78.0 Å². The van der Waals surface area contributed by atoms with Gasteiger partial charge in [-0.1, -0.05) is 52.0 Å². The van der Waals surface area contributed by atoms with Crippen molar-refractivity contribution in [3.8, 4) is 11.1 Å². The fourth-order valence-corrected chi connectivity index (χ4v) is 19.6. The third-order valence-electron chi connectivity index (χ3n) is 24.0. The number of benzene rings is 2. The van der Waals surface area contributed by atoms with Crippen LogP contribution in [-0.4, -0.2) is 232 Å². The summed E-state index contributed by atoms with van der Waals surface area (Å²) in [6.45, 7) is 11.9. The number of rotatable bonds is 34. The van der Waals surface area contributed by atoms with Gasteiger partial charge >= 0.3 is 18.0 Å². The second kappa shape index (κ2) is 32.1. The van der Waals surface area contributed by atoms with Crippen LogP contribution >= 0.6 is 12.0 Å². The molecular weight excluding hydrogens is 1420 g/mol. The molecule has 9 N–H and O–H groups in total. The molecule has 3 bridgehead atoms. The number of hydrogen-bond donors (Lipinski definition) is 9. The van der Waals surface area contributed by atoms with Crippen molar-refractivity contribution in [1.82, 2.24) is 40.1 Å². The quantitative estimate of drug-likeness (QED) is 0.0121. The molecule has 12 rings (SSSR count). The first-order valence-corrected chi connectivity index (χ1v) is 38.1. The number of carboxylic acid groups (broad SMARTS) is 2. The smallest absolute Gasteiger partial charge is 0.410 e. The van der Waals surface area contributed by atoms with Gasteiger partial charge in [0, 0.05) is 91.5 Å². The highest BCUT2D eigenvalue weighted by Gasteiger charge is 2.85. The van der Waals surface area contributed by atoms with Crippen molar-refractivity contribution in [3.63, 3.8) is 0 Å². The van der Waals surface area contributed by atoms with Crippen LogP contribution in [0.3, 0.4) is 0 Å². The number of ether oxygens (including phenoxy) is 4. The molecule has 12 unspecified atom stereocenters. The molecule has 2 aromatic carbocycles. The van der Waals surface area contributed by atoms with E-state index in [0.717, 1.165) is 78.7 Å². The van der Waals surface area contributed by atoms with Crippen LogP contribution in [0.5, 0.6) is 0 Å². The van der Waals surface area contributed by atoms with Gasteiger partial charge in [0.2, 0.25) is 23.6 Å². The summed E-state index contributed by atoms with van der Waals surface area (Å²) in [5.41, 5.74) is 4.86. The first kappa shape index (κ1) is 78.9. The van der Waals surface area contributed by atoms with E-state index in [1.54, 1.807) is 50.4 Å². The number of aliphatic hydroxyl groups excluding tert-OH is 3. The Hall–Kier alpha value is -8.69. The third kappa shape index (κ3) is 16.0. The summed E-state index contributed by atoms with van der Waals surface area (Å²) in [6, 6.07) is 9.79. The van der Waals surface area contributed by atoms with Crippen LogP contribution in [0, 0.1) is 34.5 Å². The van der Waals surface area contributed by atoms with Gasteiger partial charge in [-0.2, -0.15) is 5.10 Å². The largest absolute Gasteiger partial charge is 0.479 e. The summed E-state index contributed by atoms with van der Waals surface area (Å²) in [5, 5.41) is 64.8. The fraction of sp³-hybridized carbons (Fsp3) is 0.584. The molecule has 2 saturated heterocycles. The van der Waals surface area contributed by atoms with Crippen LogP contribution in [0.4, 0.5) is 16.3 Å². The number of aliphatic hydroxyl groups is 3. The Morgan fingerprint density at radius 3 is 2.39 bits per heavy atom. The minimum Gasteiger partial charge on any atom is -0.479 e. The highest BCUT2D eigenvalue weighted by Crippen LogP contribution is 2.90. The van der Waals surface area contributed by atoms with Crippen molar-refractivity contribution in [3.05, 3.63) is 106 Å². The summed E-state index contributed by atoms with van der Waals surface area (Å²) in [7, 11) is 0. The zero-order valence-corrected chi connectivity index (χ0v) is 62.6. The van der Waals surface area contributed by atoms with Crippen molar-refractivity contribution < 1.29 is 97.0 Å². The molecule has 4 aliphatic carbocycles. The topological polar surface area (TPSA) is 409 Å². The third-order valence-corrected chi connectivity index (χ3v) is 24.3. The number of aryl methyl sites for hydroxylation is 1. The second-order valence-corrected chi connectivity index (χ2v) is 32.5. The number of likely N-dealkylation sites (tertiary alicyclic amines) is 1. The van der Waals surface area contributed by atoms with Crippen LogP contribution in [-0.2, 0) is 85.0 Å². The van der Waals surface area contributed by atoms with Crippen molar-refractivity contribution >= 4 is 83.3 Å². The SMILES string of the molecule is Cc1c(-c2ccc(N3CCc4cccc(C=O)c4C3)nc2C(=O)O)cnn1CC12CC3(OCCN(CCC(O)CO)C(=O)OCc4ccc(NC(=O)[C@H](C)NC(=O)C(NC(=O)CN5C(=O)C(N6C(=O)C=CC6=O)CC5COCCSO)C(C)C)cc4CCC4CC(O)CC(C(=O)O)O4)CC4(C)CC(C)(C1)C2(C4)C3. The second-order valence-electron chi connectivity index (χ2n) is 31.8. The molecule has 4 saturated carbocycles. The maximum Gasteiger partial charge on any atom is 0.410 e. The Labute approximate surface area is 629 Å². The predicted octanol–water partition coefficient (Wildman–Crippen LogP) is 5.47. The molecule has 2 aromatic heterocycles. The molecule has 6 fully saturated rings. The molecule has 13 atom stereocenters. The average molecular weight is 1520 g/mol. The number of carbonyl (C=O) groups is 10. The molecule has 31 heteroatoms. The molecule has 108 heavy (non-hydrogen) atoms. The molecule has 6 heterocycles. The maximum absolute atomic E-state index is 14.5. The lowest BCUT2D eigenvalue weighted by Gasteiger charge is -2.65. The number of aromatic nitrogens is 3. The summed E-state index contributed by atoms with van der Waals surface area (Å²) in [4.78, 5) is 143. The van der Waals surface area contributed by atoms with Gasteiger partial charge in [-0.3, -0.25) is 43.1 Å². The van der Waals surface area contributed by atoms with Gasteiger partial charge in [0.05, 0.1) is 69.1 Å². The first-order chi connectivity index (χ1) is 51.4. The normalized spacial score (nSPS) is 27.5. The minimum absolute atomic E-state index is 0.00436. The first-order valence-electron chi connectivity index (χ1n) is 37.1. The van der Waals surface area contributed by atoms with Crippen molar-refractivity contribution in [2.24, 2.45) is 27.6 Å². The zero-order valence-electron chi connectivity index (χ0n) is 61.7. The number of imide groups is 1. The van der Waals surface area contributed by atoms with Gasteiger partial charge in [0.15, 0.2) is 11.8 Å². The van der Waals surface area contributed by atoms with Crippen LogP contribution in [0.15, 0.2) is 66.9 Å². The van der Waals surface area contributed by atoms with Gasteiger partial charge in [-0.05, 0) is 171 Å². The summed E-state index contributed by atoms with van der Waals surface area (Å²) in [5.74, 6) is -6.37. The Kier molecular flexibility index (Phi) is 23.4. The summed E-state index contributed by atoms with van der Waals surface area (Å²) in [6.07, 6.45) is 6.36. The molecule has 7 amide bonds. The lowest BCUT2D eigenvalue weighted by atomic mass is 9.39. The summed E-state index contributed by atoms with van der Waals surface area (Å²) >= 11 is 0.555. The predicted molar refractivity (Wildman–Crippen MR) is 391 cm³/mol. The highest BCUT2D eigenvalue weighted by molar-refractivity contribution is 7.93. The molecule has 4 aliphatic heterocycles. The molecule has 1 spiro atoms. The lowest BCUT2D eigenvalue weighted by molar-refractivity contribution is -0.178. The molecule has 582 valence electrons. The van der Waals surface area contributed by atoms with Gasteiger partial charge in [-0.25, -0.2) is 19.4 Å². The van der Waals surface area contributed by atoms with Crippen LogP contribution in [0.25, 0.3) is 11.1 Å². The van der Waals surface area contributed by atoms with Gasteiger partial charge in [0.1, 0.15) is 36.8 Å². The number of amides is 7. The monoisotopic (exact) mass is 1510 g/mol. The van der Waals surface area contributed by atoms with Crippen molar-refractivity contribution in [2.45, 2.75) is 199 Å². The number of nitrogens with one attached hydrogen (secondary N) is 3. The molecular formula is C77H98N10O20S. The number of anilines is 2. The standard InChI is InChI=1S/C77H98N10O20S/c1-44(2)65(82-62(92)32-85-52(36-104-24-25-108-103)27-59(69(85)97)87-63(93)16-17-64(87)94)68(96)79-45(3)67(95)80-51-12-10-50(48(26-51)11-13-55-28-54(91)29-60(107-55)70(98)99)35-105-72(102)83(21-19-53(90)34-89)22-23-106-76-38-73(5)37-74(6)40-75(41-76,77(74,39-73)42-76)43-86-46(4)57(30-78-86)56-14-15-61(81-66(56)71(100)101)84-20-18-47-8-7-9-49(33-88)58(47)31-84/h7-10,12,14-17,26,30,33,44-45,52-55,59-60,65,89-91,103H,11,13,18-25,27-29,31-32,34-43H2,1-6H3,(H,79,96)(H,80,95)(H,82,92)(H,98,99)(H,100,101)/t45-,52?,53?,54?,55?,59?,60?,65?,73?,74?,75?,76?,77?/m0/s1. The number of nitrogens with zero attached hydrogens (tertiary/aromatic N) is 7. The van der Waals surface area contributed by atoms with E-state index >= 15 is 0 Å². The van der Waals surface area contributed by atoms with Crippen LogP contribution in [0.1, 0.15) is 154 Å². The molecule has 30 nitrogen and oxygen atoms in total. The van der Waals surface area contributed by atoms with Crippen LogP contribution in [0.2, 0.25) is 0 Å². The Balaban J connectivity index is 0.705. The lowest BCUT2D eigenvalue weighted by Crippen LogP contribution is -2.60. The van der Waals surface area contributed by atoms with Gasteiger partial charge < -0.3 is 79.7 Å². The van der Waals surface area contributed by atoms with E-state index in [1.807, 2.05) is 34.7 Å². The minimum atomic E-state index is -1.25. The summed E-state index contributed by atoms with van der Waals surface area (Å²) < 4.78 is 36.0. The number of pyridine rings is 1. The maximum atomic E-state index is 14.5. The van der Waals surface area contributed by atoms with E-state index < -0.39 is 127 Å². The number of hydrogen-bond acceptors (Lipinski definition) is 22. The van der Waals surface area contributed by atoms with E-state index in [-0.39, 0.29) is 117 Å². The number of aldehydes is 1. The number of carboxylic acids is 2. The highest BCUT2D eigenvalue weighted by atomic mass is 32.2. The molecule has 0 radical (unpaired) electrons. The number of fused-ring (bicyclic) bond motifs is 3. The van der Waals surface area contributed by atoms with Gasteiger partial charge in [-0.15, -0.1) is 0 Å².